The van der Waals surface area contributed by atoms with E-state index in [-0.39, 0.29) is 5.91 Å². The Morgan fingerprint density at radius 1 is 1.05 bits per heavy atom. The van der Waals surface area contributed by atoms with Gasteiger partial charge in [0, 0.05) is 11.3 Å². The van der Waals surface area contributed by atoms with Crippen molar-refractivity contribution in [3.8, 4) is 0 Å². The third-order valence-corrected chi connectivity index (χ3v) is 3.28. The van der Waals surface area contributed by atoms with E-state index in [1.807, 2.05) is 44.2 Å². The quantitative estimate of drug-likeness (QED) is 0.658. The number of nitrogens with zero attached hydrogens (tertiary/aromatic N) is 1. The maximum absolute atomic E-state index is 11.9. The third-order valence-electron chi connectivity index (χ3n) is 3.28. The number of rotatable bonds is 5. The van der Waals surface area contributed by atoms with E-state index in [1.54, 1.807) is 12.1 Å². The molecule has 3 heteroatoms. The van der Waals surface area contributed by atoms with Crippen molar-refractivity contribution in [1.29, 1.82) is 0 Å². The molecule has 1 N–H and O–H groups in total. The van der Waals surface area contributed by atoms with Crippen molar-refractivity contribution < 1.29 is 4.79 Å². The second-order valence-corrected chi connectivity index (χ2v) is 5.14. The van der Waals surface area contributed by atoms with Gasteiger partial charge < -0.3 is 0 Å². The molecular weight excluding hydrogens is 260 g/mol. The van der Waals surface area contributed by atoms with Crippen LogP contribution in [-0.4, -0.2) is 11.6 Å². The highest BCUT2D eigenvalue weighted by atomic mass is 16.2. The molecular formula is C18H20N2O. The molecule has 21 heavy (non-hydrogen) atoms. The van der Waals surface area contributed by atoms with Crippen LogP contribution in [-0.2, 0) is 6.42 Å². The van der Waals surface area contributed by atoms with Crippen LogP contribution in [0.4, 0.5) is 0 Å². The molecule has 2 aromatic carbocycles. The van der Waals surface area contributed by atoms with E-state index in [0.717, 1.165) is 24.1 Å². The lowest BCUT2D eigenvalue weighted by molar-refractivity contribution is 0.0954. The summed E-state index contributed by atoms with van der Waals surface area (Å²) >= 11 is 0. The van der Waals surface area contributed by atoms with E-state index in [2.05, 4.69) is 22.7 Å². The number of benzene rings is 2. The molecule has 0 radical (unpaired) electrons. The summed E-state index contributed by atoms with van der Waals surface area (Å²) in [5.74, 6) is -0.172. The summed E-state index contributed by atoms with van der Waals surface area (Å²) in [4.78, 5) is 11.9. The molecule has 0 heterocycles. The van der Waals surface area contributed by atoms with Crippen LogP contribution in [0.2, 0.25) is 0 Å². The molecule has 0 atom stereocenters. The first kappa shape index (κ1) is 15.0. The van der Waals surface area contributed by atoms with Gasteiger partial charge >= 0.3 is 0 Å². The van der Waals surface area contributed by atoms with Gasteiger partial charge in [-0.25, -0.2) is 5.43 Å². The molecule has 3 nitrogen and oxygen atoms in total. The summed E-state index contributed by atoms with van der Waals surface area (Å²) in [5, 5.41) is 4.16. The Bertz CT molecular complexity index is 615. The first-order valence-corrected chi connectivity index (χ1v) is 7.09. The van der Waals surface area contributed by atoms with Crippen molar-refractivity contribution >= 4 is 11.6 Å². The van der Waals surface area contributed by atoms with Crippen LogP contribution in [0.15, 0.2) is 59.7 Å². The largest absolute Gasteiger partial charge is 0.271 e. The molecule has 108 valence electrons. The van der Waals surface area contributed by atoms with Crippen molar-refractivity contribution in [2.24, 2.45) is 5.10 Å². The summed E-state index contributed by atoms with van der Waals surface area (Å²) in [6, 6.07) is 17.7. The number of hydrazone groups is 1. The van der Waals surface area contributed by atoms with Crippen LogP contribution in [0.25, 0.3) is 0 Å². The highest BCUT2D eigenvalue weighted by molar-refractivity contribution is 5.95. The van der Waals surface area contributed by atoms with E-state index >= 15 is 0 Å². The van der Waals surface area contributed by atoms with E-state index in [1.165, 1.54) is 5.56 Å². The van der Waals surface area contributed by atoms with Gasteiger partial charge in [-0.15, -0.1) is 0 Å². The van der Waals surface area contributed by atoms with E-state index in [4.69, 9.17) is 0 Å². The summed E-state index contributed by atoms with van der Waals surface area (Å²) in [6.45, 7) is 3.92. The van der Waals surface area contributed by atoms with Gasteiger partial charge in [-0.2, -0.15) is 5.10 Å². The Kier molecular flexibility index (Phi) is 5.27. The zero-order chi connectivity index (χ0) is 15.1. The SMILES string of the molecule is C/C(CCc1ccccc1)=N/NC(=O)c1ccc(C)cc1. The topological polar surface area (TPSA) is 41.5 Å². The normalized spacial score (nSPS) is 11.2. The minimum absolute atomic E-state index is 0.172. The maximum Gasteiger partial charge on any atom is 0.271 e. The molecule has 0 saturated heterocycles. The zero-order valence-electron chi connectivity index (χ0n) is 12.5. The van der Waals surface area contributed by atoms with Gasteiger partial charge in [0.05, 0.1) is 0 Å². The number of carbonyl (C=O) groups is 1. The molecule has 0 unspecified atom stereocenters. The second kappa shape index (κ2) is 7.39. The Morgan fingerprint density at radius 2 is 1.71 bits per heavy atom. The van der Waals surface area contributed by atoms with Crippen molar-refractivity contribution in [2.75, 3.05) is 0 Å². The molecule has 0 saturated carbocycles. The molecule has 0 aromatic heterocycles. The molecule has 0 aliphatic carbocycles. The smallest absolute Gasteiger partial charge is 0.267 e. The number of amides is 1. The number of aryl methyl sites for hydroxylation is 2. The highest BCUT2D eigenvalue weighted by Crippen LogP contribution is 2.04. The predicted molar refractivity (Wildman–Crippen MR) is 86.5 cm³/mol. The monoisotopic (exact) mass is 280 g/mol. The Labute approximate surface area is 125 Å². The van der Waals surface area contributed by atoms with Crippen LogP contribution in [0.5, 0.6) is 0 Å². The van der Waals surface area contributed by atoms with Crippen molar-refractivity contribution in [3.63, 3.8) is 0 Å². The summed E-state index contributed by atoms with van der Waals surface area (Å²) in [7, 11) is 0. The fraction of sp³-hybridized carbons (Fsp3) is 0.222. The fourth-order valence-electron chi connectivity index (χ4n) is 1.94. The van der Waals surface area contributed by atoms with Gasteiger partial charge in [0.15, 0.2) is 0 Å². The lowest BCUT2D eigenvalue weighted by atomic mass is 10.1. The van der Waals surface area contributed by atoms with Gasteiger partial charge in [-0.05, 0) is 44.4 Å². The average Bonchev–Trinajstić information content (AvgIpc) is 2.52. The van der Waals surface area contributed by atoms with Crippen LogP contribution < -0.4 is 5.43 Å². The minimum Gasteiger partial charge on any atom is -0.267 e. The Balaban J connectivity index is 1.85. The highest BCUT2D eigenvalue weighted by Gasteiger charge is 2.03. The average molecular weight is 280 g/mol. The van der Waals surface area contributed by atoms with Gasteiger partial charge in [0.2, 0.25) is 0 Å². The summed E-state index contributed by atoms with van der Waals surface area (Å²) in [5.41, 5.74) is 6.55. The van der Waals surface area contributed by atoms with Crippen molar-refractivity contribution in [2.45, 2.75) is 26.7 Å². The van der Waals surface area contributed by atoms with E-state index in [9.17, 15) is 4.79 Å². The first-order valence-electron chi connectivity index (χ1n) is 7.09. The summed E-state index contributed by atoms with van der Waals surface area (Å²) in [6.07, 6.45) is 1.76. The molecule has 1 amide bonds. The molecule has 2 rings (SSSR count). The predicted octanol–water partition coefficient (Wildman–Crippen LogP) is 3.73. The maximum atomic E-state index is 11.9. The van der Waals surface area contributed by atoms with Gasteiger partial charge in [-0.1, -0.05) is 48.0 Å². The second-order valence-electron chi connectivity index (χ2n) is 5.14. The van der Waals surface area contributed by atoms with Gasteiger partial charge in [0.25, 0.3) is 5.91 Å². The standard InChI is InChI=1S/C18H20N2O/c1-14-8-12-17(13-9-14)18(21)20-19-15(2)10-11-16-6-4-3-5-7-16/h3-9,12-13H,10-11H2,1-2H3,(H,20,21)/b19-15-. The van der Waals surface area contributed by atoms with E-state index < -0.39 is 0 Å². The molecule has 0 fully saturated rings. The van der Waals surface area contributed by atoms with Crippen LogP contribution in [0.1, 0.15) is 34.8 Å². The van der Waals surface area contributed by atoms with Gasteiger partial charge in [-0.3, -0.25) is 4.79 Å². The molecule has 0 spiro atoms. The summed E-state index contributed by atoms with van der Waals surface area (Å²) < 4.78 is 0. The van der Waals surface area contributed by atoms with Crippen LogP contribution in [0, 0.1) is 6.92 Å². The minimum atomic E-state index is -0.172. The number of hydrogen-bond acceptors (Lipinski definition) is 2. The number of carbonyl (C=O) groups excluding carboxylic acids is 1. The van der Waals surface area contributed by atoms with Crippen LogP contribution >= 0.6 is 0 Å². The molecule has 0 aliphatic rings. The third kappa shape index (κ3) is 4.88. The van der Waals surface area contributed by atoms with Crippen LogP contribution in [0.3, 0.4) is 0 Å². The number of hydrogen-bond donors (Lipinski definition) is 1. The lowest BCUT2D eigenvalue weighted by Crippen LogP contribution is -2.19. The van der Waals surface area contributed by atoms with Gasteiger partial charge in [0.1, 0.15) is 0 Å². The molecule has 0 aliphatic heterocycles. The first-order chi connectivity index (χ1) is 10.1. The zero-order valence-corrected chi connectivity index (χ0v) is 12.5. The lowest BCUT2D eigenvalue weighted by Gasteiger charge is -2.04. The molecule has 0 bridgehead atoms. The fourth-order valence-corrected chi connectivity index (χ4v) is 1.94. The Hall–Kier alpha value is -2.42. The van der Waals surface area contributed by atoms with E-state index in [0.29, 0.717) is 5.56 Å². The van der Waals surface area contributed by atoms with Crippen molar-refractivity contribution in [1.82, 2.24) is 5.43 Å². The van der Waals surface area contributed by atoms with Crippen molar-refractivity contribution in [3.05, 3.63) is 71.3 Å². The Morgan fingerprint density at radius 3 is 2.38 bits per heavy atom. The number of nitrogens with one attached hydrogen (secondary N) is 1. The molecule has 2 aromatic rings.